The summed E-state index contributed by atoms with van der Waals surface area (Å²) in [5.41, 5.74) is 1.92. The lowest BCUT2D eigenvalue weighted by Crippen LogP contribution is -2.42. The molecule has 4 heteroatoms. The molecule has 1 aromatic carbocycles. The minimum absolute atomic E-state index is 0.0348. The van der Waals surface area contributed by atoms with Crippen LogP contribution in [0.5, 0.6) is 5.75 Å². The highest BCUT2D eigenvalue weighted by Gasteiger charge is 2.40. The molecular formula is C18H25NO3. The molecule has 0 unspecified atom stereocenters. The molecular weight excluding hydrogens is 278 g/mol. The summed E-state index contributed by atoms with van der Waals surface area (Å²) < 4.78 is 5.54. The van der Waals surface area contributed by atoms with E-state index in [1.165, 1.54) is 0 Å². The maximum Gasteiger partial charge on any atom is 0.314 e. The maximum absolute atomic E-state index is 12.2. The van der Waals surface area contributed by atoms with Gasteiger partial charge in [-0.25, -0.2) is 0 Å². The molecule has 0 bridgehead atoms. The number of nitrogens with one attached hydrogen (secondary N) is 1. The normalized spacial score (nSPS) is 20.1. The first-order valence-corrected chi connectivity index (χ1v) is 8.08. The number of rotatable bonds is 6. The zero-order valence-corrected chi connectivity index (χ0v) is 13.6. The highest BCUT2D eigenvalue weighted by Crippen LogP contribution is 2.35. The smallest absolute Gasteiger partial charge is 0.314 e. The fourth-order valence-corrected chi connectivity index (χ4v) is 2.70. The molecule has 0 heterocycles. The second kappa shape index (κ2) is 7.43. The molecule has 1 N–H and O–H groups in total. The molecule has 0 atom stereocenters. The Kier molecular flexibility index (Phi) is 5.58. The van der Waals surface area contributed by atoms with E-state index in [2.05, 4.69) is 12.2 Å². The van der Waals surface area contributed by atoms with Gasteiger partial charge < -0.3 is 10.1 Å². The summed E-state index contributed by atoms with van der Waals surface area (Å²) in [5.74, 6) is 0.330. The number of hydrogen-bond acceptors (Lipinski definition) is 3. The molecule has 0 aromatic heterocycles. The molecule has 1 aliphatic carbocycles. The number of unbranched alkanes of at least 4 members (excludes halogenated alkanes) is 1. The van der Waals surface area contributed by atoms with Crippen molar-refractivity contribution in [1.29, 1.82) is 0 Å². The van der Waals surface area contributed by atoms with Gasteiger partial charge in [0.2, 0.25) is 5.91 Å². The van der Waals surface area contributed by atoms with Crippen LogP contribution in [0.1, 0.15) is 43.7 Å². The fourth-order valence-electron chi connectivity index (χ4n) is 2.70. The second-order valence-corrected chi connectivity index (χ2v) is 6.15. The summed E-state index contributed by atoms with van der Waals surface area (Å²) in [4.78, 5) is 24.0. The summed E-state index contributed by atoms with van der Waals surface area (Å²) in [7, 11) is 0. The van der Waals surface area contributed by atoms with Crippen molar-refractivity contribution in [3.05, 3.63) is 29.3 Å². The molecule has 120 valence electrons. The Labute approximate surface area is 132 Å². The van der Waals surface area contributed by atoms with Crippen molar-refractivity contribution >= 4 is 11.9 Å². The van der Waals surface area contributed by atoms with E-state index in [1.54, 1.807) is 0 Å². The molecule has 1 amide bonds. The lowest BCUT2D eigenvalue weighted by atomic mass is 9.74. The van der Waals surface area contributed by atoms with E-state index in [0.29, 0.717) is 18.6 Å². The molecule has 0 radical (unpaired) electrons. The Morgan fingerprint density at radius 3 is 2.41 bits per heavy atom. The van der Waals surface area contributed by atoms with Gasteiger partial charge >= 0.3 is 5.97 Å². The Morgan fingerprint density at radius 2 is 1.82 bits per heavy atom. The molecule has 22 heavy (non-hydrogen) atoms. The van der Waals surface area contributed by atoms with E-state index in [0.717, 1.165) is 30.5 Å². The van der Waals surface area contributed by atoms with Crippen molar-refractivity contribution in [3.63, 3.8) is 0 Å². The van der Waals surface area contributed by atoms with Gasteiger partial charge in [-0.15, -0.1) is 0 Å². The largest absolute Gasteiger partial charge is 0.426 e. The Morgan fingerprint density at radius 1 is 1.18 bits per heavy atom. The number of benzene rings is 1. The molecule has 0 spiro atoms. The number of ether oxygens (including phenoxy) is 1. The highest BCUT2D eigenvalue weighted by atomic mass is 16.5. The SMILES string of the molecule is CCCCNC(=O)C1CC(C(=O)Oc2c(C)cccc2C)C1. The van der Waals surface area contributed by atoms with E-state index in [1.807, 2.05) is 32.0 Å². The Hall–Kier alpha value is -1.84. The van der Waals surface area contributed by atoms with Crippen LogP contribution >= 0.6 is 0 Å². The second-order valence-electron chi connectivity index (χ2n) is 6.15. The van der Waals surface area contributed by atoms with Crippen molar-refractivity contribution in [2.24, 2.45) is 11.8 Å². The van der Waals surface area contributed by atoms with E-state index in [4.69, 9.17) is 4.74 Å². The molecule has 1 fully saturated rings. The van der Waals surface area contributed by atoms with Gasteiger partial charge in [0.05, 0.1) is 5.92 Å². The van der Waals surface area contributed by atoms with Gasteiger partial charge in [0.15, 0.2) is 0 Å². The number of hydrogen-bond donors (Lipinski definition) is 1. The third-order valence-electron chi connectivity index (χ3n) is 4.28. The van der Waals surface area contributed by atoms with Crippen LogP contribution in [0.2, 0.25) is 0 Å². The predicted molar refractivity (Wildman–Crippen MR) is 85.7 cm³/mol. The van der Waals surface area contributed by atoms with E-state index < -0.39 is 0 Å². The van der Waals surface area contributed by atoms with Crippen LogP contribution in [0.15, 0.2) is 18.2 Å². The lowest BCUT2D eigenvalue weighted by molar-refractivity contribution is -0.146. The van der Waals surface area contributed by atoms with Crippen molar-refractivity contribution < 1.29 is 14.3 Å². The van der Waals surface area contributed by atoms with E-state index in [-0.39, 0.29) is 23.7 Å². The topological polar surface area (TPSA) is 55.4 Å². The van der Waals surface area contributed by atoms with Gasteiger partial charge in [-0.3, -0.25) is 9.59 Å². The molecule has 1 aromatic rings. The third kappa shape index (κ3) is 3.87. The summed E-state index contributed by atoms with van der Waals surface area (Å²) in [6.45, 7) is 6.68. The summed E-state index contributed by atoms with van der Waals surface area (Å²) in [6, 6.07) is 5.81. The van der Waals surface area contributed by atoms with Crippen molar-refractivity contribution in [2.45, 2.75) is 46.5 Å². The quantitative estimate of drug-likeness (QED) is 0.499. The van der Waals surface area contributed by atoms with Gasteiger partial charge in [-0.1, -0.05) is 31.5 Å². The minimum atomic E-state index is -0.213. The molecule has 0 aliphatic heterocycles. The Bertz CT molecular complexity index is 527. The van der Waals surface area contributed by atoms with Crippen LogP contribution in [0, 0.1) is 25.7 Å². The van der Waals surface area contributed by atoms with Crippen LogP contribution in [0.4, 0.5) is 0 Å². The number of carbonyl (C=O) groups is 2. The van der Waals surface area contributed by atoms with Crippen molar-refractivity contribution in [2.75, 3.05) is 6.54 Å². The van der Waals surface area contributed by atoms with Crippen LogP contribution in [-0.2, 0) is 9.59 Å². The predicted octanol–water partition coefficient (Wildman–Crippen LogP) is 3.15. The van der Waals surface area contributed by atoms with Crippen LogP contribution < -0.4 is 10.1 Å². The summed E-state index contributed by atoms with van der Waals surface area (Å²) in [6.07, 6.45) is 3.26. The molecule has 1 aliphatic rings. The van der Waals surface area contributed by atoms with E-state index >= 15 is 0 Å². The van der Waals surface area contributed by atoms with E-state index in [9.17, 15) is 9.59 Å². The summed E-state index contributed by atoms with van der Waals surface area (Å²) in [5, 5.41) is 2.92. The summed E-state index contributed by atoms with van der Waals surface area (Å²) >= 11 is 0. The monoisotopic (exact) mass is 303 g/mol. The van der Waals surface area contributed by atoms with Crippen LogP contribution in [-0.4, -0.2) is 18.4 Å². The van der Waals surface area contributed by atoms with Crippen LogP contribution in [0.3, 0.4) is 0 Å². The third-order valence-corrected chi connectivity index (χ3v) is 4.28. The first-order chi connectivity index (χ1) is 10.5. The van der Waals surface area contributed by atoms with Gasteiger partial charge in [0.1, 0.15) is 5.75 Å². The Balaban J connectivity index is 1.81. The molecule has 1 saturated carbocycles. The first kappa shape index (κ1) is 16.5. The fraction of sp³-hybridized carbons (Fsp3) is 0.556. The van der Waals surface area contributed by atoms with Gasteiger partial charge in [0, 0.05) is 12.5 Å². The first-order valence-electron chi connectivity index (χ1n) is 8.08. The number of aryl methyl sites for hydroxylation is 2. The minimum Gasteiger partial charge on any atom is -0.426 e. The van der Waals surface area contributed by atoms with Gasteiger partial charge in [-0.2, -0.15) is 0 Å². The van der Waals surface area contributed by atoms with Gasteiger partial charge in [0.25, 0.3) is 0 Å². The number of para-hydroxylation sites is 1. The zero-order chi connectivity index (χ0) is 16.1. The average Bonchev–Trinajstić information content (AvgIpc) is 2.42. The number of amides is 1. The molecule has 2 rings (SSSR count). The maximum atomic E-state index is 12.2. The van der Waals surface area contributed by atoms with Gasteiger partial charge in [-0.05, 0) is 44.2 Å². The highest BCUT2D eigenvalue weighted by molar-refractivity contribution is 5.84. The standard InChI is InChI=1S/C18H25NO3/c1-4-5-9-19-17(20)14-10-15(11-14)18(21)22-16-12(2)7-6-8-13(16)3/h6-8,14-15H,4-5,9-11H2,1-3H3,(H,19,20). The van der Waals surface area contributed by atoms with Crippen molar-refractivity contribution in [3.8, 4) is 5.75 Å². The lowest BCUT2D eigenvalue weighted by Gasteiger charge is -2.32. The molecule has 0 saturated heterocycles. The average molecular weight is 303 g/mol. The van der Waals surface area contributed by atoms with Crippen LogP contribution in [0.25, 0.3) is 0 Å². The van der Waals surface area contributed by atoms with Crippen molar-refractivity contribution in [1.82, 2.24) is 5.32 Å². The number of esters is 1. The zero-order valence-electron chi connectivity index (χ0n) is 13.6. The molecule has 4 nitrogen and oxygen atoms in total. The number of carbonyl (C=O) groups excluding carboxylic acids is 2.